The number of allylic oxidation sites excluding steroid dienone is 3. The second kappa shape index (κ2) is 45.5. The molecule has 0 radical (unpaired) electrons. The number of aliphatic hydroxyl groups excluding tert-OH is 3. The molecule has 55 heavy (non-hydrogen) atoms. The summed E-state index contributed by atoms with van der Waals surface area (Å²) in [7, 11) is 0. The van der Waals surface area contributed by atoms with Crippen LogP contribution >= 0.6 is 0 Å². The third-order valence-electron chi connectivity index (χ3n) is 11.5. The van der Waals surface area contributed by atoms with E-state index in [1.54, 1.807) is 6.08 Å². The SMILES string of the molecule is CCCCCCCC/C=C/CC/C=C/C(O)C(CO)NC(=O)CC(O)CCCCCCCCCCCCCCCCCCCCCCCCCCCCCC. The van der Waals surface area contributed by atoms with Crippen LogP contribution in [-0.2, 0) is 4.79 Å². The summed E-state index contributed by atoms with van der Waals surface area (Å²) in [5.41, 5.74) is 0. The first kappa shape index (κ1) is 53.8. The average molecular weight is 776 g/mol. The molecule has 5 heteroatoms. The van der Waals surface area contributed by atoms with E-state index in [0.29, 0.717) is 6.42 Å². The van der Waals surface area contributed by atoms with Gasteiger partial charge in [0.2, 0.25) is 5.91 Å². The van der Waals surface area contributed by atoms with Crippen molar-refractivity contribution in [1.29, 1.82) is 0 Å². The van der Waals surface area contributed by atoms with Crippen molar-refractivity contribution in [1.82, 2.24) is 5.32 Å². The Balaban J connectivity index is 3.52. The summed E-state index contributed by atoms with van der Waals surface area (Å²) in [5.74, 6) is -0.322. The highest BCUT2D eigenvalue weighted by atomic mass is 16.3. The molecule has 4 N–H and O–H groups in total. The molecule has 3 unspecified atom stereocenters. The van der Waals surface area contributed by atoms with Gasteiger partial charge in [0.15, 0.2) is 0 Å². The predicted octanol–water partition coefficient (Wildman–Crippen LogP) is 14.6. The molecule has 0 aromatic rings. The molecule has 1 amide bonds. The van der Waals surface area contributed by atoms with E-state index < -0.39 is 18.2 Å². The summed E-state index contributed by atoms with van der Waals surface area (Å²) in [5, 5.41) is 33.2. The van der Waals surface area contributed by atoms with Crippen molar-refractivity contribution in [2.45, 2.75) is 283 Å². The number of aliphatic hydroxyl groups is 3. The number of carbonyl (C=O) groups is 1. The van der Waals surface area contributed by atoms with E-state index in [0.717, 1.165) is 32.1 Å². The van der Waals surface area contributed by atoms with Gasteiger partial charge in [0.05, 0.1) is 31.3 Å². The van der Waals surface area contributed by atoms with Gasteiger partial charge in [0.25, 0.3) is 0 Å². The molecule has 0 bridgehead atoms. The Labute approximate surface area is 343 Å². The van der Waals surface area contributed by atoms with Gasteiger partial charge in [-0.3, -0.25) is 4.79 Å². The molecule has 0 aromatic heterocycles. The van der Waals surface area contributed by atoms with E-state index in [9.17, 15) is 20.1 Å². The van der Waals surface area contributed by atoms with Gasteiger partial charge in [0.1, 0.15) is 0 Å². The van der Waals surface area contributed by atoms with Gasteiger partial charge in [-0.05, 0) is 32.1 Å². The lowest BCUT2D eigenvalue weighted by atomic mass is 10.0. The van der Waals surface area contributed by atoms with E-state index >= 15 is 0 Å². The van der Waals surface area contributed by atoms with Gasteiger partial charge < -0.3 is 20.6 Å². The number of carbonyl (C=O) groups excluding carboxylic acids is 1. The lowest BCUT2D eigenvalue weighted by molar-refractivity contribution is -0.124. The molecule has 3 atom stereocenters. The normalized spacial score (nSPS) is 13.6. The minimum Gasteiger partial charge on any atom is -0.394 e. The maximum atomic E-state index is 12.4. The molecule has 0 saturated carbocycles. The zero-order valence-electron chi connectivity index (χ0n) is 37.1. The van der Waals surface area contributed by atoms with Crippen molar-refractivity contribution < 1.29 is 20.1 Å². The Morgan fingerprint density at radius 1 is 0.455 bits per heavy atom. The maximum absolute atomic E-state index is 12.4. The highest BCUT2D eigenvalue weighted by Crippen LogP contribution is 2.17. The molecule has 0 aliphatic rings. The van der Waals surface area contributed by atoms with Crippen molar-refractivity contribution in [3.05, 3.63) is 24.3 Å². The number of unbranched alkanes of at least 4 members (excludes halogenated alkanes) is 34. The van der Waals surface area contributed by atoms with Crippen molar-refractivity contribution >= 4 is 5.91 Å². The lowest BCUT2D eigenvalue weighted by Crippen LogP contribution is -2.45. The molecule has 0 fully saturated rings. The van der Waals surface area contributed by atoms with E-state index in [2.05, 4.69) is 31.3 Å². The van der Waals surface area contributed by atoms with Crippen molar-refractivity contribution in [3.63, 3.8) is 0 Å². The minimum atomic E-state index is -0.948. The Hall–Kier alpha value is -1.17. The van der Waals surface area contributed by atoms with Gasteiger partial charge in [-0.2, -0.15) is 0 Å². The molecular formula is C50H97NO4. The Kier molecular flexibility index (Phi) is 44.6. The van der Waals surface area contributed by atoms with Crippen LogP contribution in [0.4, 0.5) is 0 Å². The summed E-state index contributed by atoms with van der Waals surface area (Å²) in [4.78, 5) is 12.4. The fourth-order valence-corrected chi connectivity index (χ4v) is 7.71. The summed E-state index contributed by atoms with van der Waals surface area (Å²) in [6, 6.07) is -0.757. The molecule has 0 aliphatic heterocycles. The highest BCUT2D eigenvalue weighted by molar-refractivity contribution is 5.76. The number of nitrogens with one attached hydrogen (secondary N) is 1. The van der Waals surface area contributed by atoms with Gasteiger partial charge in [0, 0.05) is 0 Å². The molecule has 326 valence electrons. The largest absolute Gasteiger partial charge is 0.394 e. The van der Waals surface area contributed by atoms with Gasteiger partial charge in [-0.1, -0.05) is 250 Å². The Bertz CT molecular complexity index is 814. The number of amides is 1. The molecule has 0 aliphatic carbocycles. The highest BCUT2D eigenvalue weighted by Gasteiger charge is 2.20. The van der Waals surface area contributed by atoms with E-state index in [-0.39, 0.29) is 18.9 Å². The molecule has 0 spiro atoms. The number of hydrogen-bond acceptors (Lipinski definition) is 4. The van der Waals surface area contributed by atoms with Crippen LogP contribution in [0.2, 0.25) is 0 Å². The first-order chi connectivity index (χ1) is 27.0. The molecule has 0 heterocycles. The Morgan fingerprint density at radius 3 is 1.16 bits per heavy atom. The standard InChI is InChI=1S/C50H97NO4/c1-3-5-7-9-11-13-15-17-18-19-20-21-22-23-24-25-26-27-28-29-30-31-32-33-35-37-39-41-43-47(53)45-50(55)51-48(46-52)49(54)44-42-40-38-36-34-16-14-12-10-8-6-4-2/h34,36,42,44,47-49,52-54H,3-33,35,37-41,43,45-46H2,1-2H3,(H,51,55)/b36-34+,44-42+. The second-order valence-electron chi connectivity index (χ2n) is 17.1. The lowest BCUT2D eigenvalue weighted by Gasteiger charge is -2.21. The minimum absolute atomic E-state index is 0.00976. The summed E-state index contributed by atoms with van der Waals surface area (Å²) < 4.78 is 0. The van der Waals surface area contributed by atoms with Crippen LogP contribution in [0.1, 0.15) is 264 Å². The van der Waals surface area contributed by atoms with Crippen LogP contribution in [0.25, 0.3) is 0 Å². The molecule has 0 rings (SSSR count). The van der Waals surface area contributed by atoms with Gasteiger partial charge in [-0.25, -0.2) is 0 Å². The van der Waals surface area contributed by atoms with Crippen molar-refractivity contribution in [2.24, 2.45) is 0 Å². The summed E-state index contributed by atoms with van der Waals surface area (Å²) in [6.07, 6.45) is 56.4. The van der Waals surface area contributed by atoms with Crippen LogP contribution < -0.4 is 5.32 Å². The first-order valence-electron chi connectivity index (χ1n) is 24.6. The van der Waals surface area contributed by atoms with Gasteiger partial charge in [-0.15, -0.1) is 0 Å². The monoisotopic (exact) mass is 776 g/mol. The fraction of sp³-hybridized carbons (Fsp3) is 0.900. The van der Waals surface area contributed by atoms with E-state index in [1.807, 2.05) is 6.08 Å². The van der Waals surface area contributed by atoms with Crippen molar-refractivity contribution in [3.8, 4) is 0 Å². The van der Waals surface area contributed by atoms with Crippen LogP contribution in [0.15, 0.2) is 24.3 Å². The second-order valence-corrected chi connectivity index (χ2v) is 17.1. The van der Waals surface area contributed by atoms with Gasteiger partial charge >= 0.3 is 0 Å². The van der Waals surface area contributed by atoms with Crippen LogP contribution in [0.5, 0.6) is 0 Å². The van der Waals surface area contributed by atoms with E-state index in [4.69, 9.17) is 0 Å². The smallest absolute Gasteiger partial charge is 0.222 e. The maximum Gasteiger partial charge on any atom is 0.222 e. The predicted molar refractivity (Wildman–Crippen MR) is 241 cm³/mol. The third kappa shape index (κ3) is 42.3. The topological polar surface area (TPSA) is 89.8 Å². The number of hydrogen-bond donors (Lipinski definition) is 4. The van der Waals surface area contributed by atoms with Crippen molar-refractivity contribution in [2.75, 3.05) is 6.61 Å². The third-order valence-corrected chi connectivity index (χ3v) is 11.5. The zero-order valence-corrected chi connectivity index (χ0v) is 37.1. The fourth-order valence-electron chi connectivity index (χ4n) is 7.71. The summed E-state index contributed by atoms with van der Waals surface area (Å²) >= 11 is 0. The van der Waals surface area contributed by atoms with E-state index in [1.165, 1.54) is 205 Å². The molecule has 0 aromatic carbocycles. The average Bonchev–Trinajstić information content (AvgIpc) is 3.18. The summed E-state index contributed by atoms with van der Waals surface area (Å²) in [6.45, 7) is 4.20. The zero-order chi connectivity index (χ0) is 40.1. The first-order valence-corrected chi connectivity index (χ1v) is 24.6. The Morgan fingerprint density at radius 2 is 0.782 bits per heavy atom. The molecular weight excluding hydrogens is 679 g/mol. The number of rotatable bonds is 45. The molecule has 5 nitrogen and oxygen atoms in total. The van der Waals surface area contributed by atoms with Crippen LogP contribution in [0, 0.1) is 0 Å². The van der Waals surface area contributed by atoms with Crippen LogP contribution in [-0.4, -0.2) is 46.1 Å². The molecule has 0 saturated heterocycles. The quantitative estimate of drug-likeness (QED) is 0.0366. The van der Waals surface area contributed by atoms with Crippen LogP contribution in [0.3, 0.4) is 0 Å².